The molecule has 0 unspecified atom stereocenters. The zero-order chi connectivity index (χ0) is 12.8. The Morgan fingerprint density at radius 2 is 1.67 bits per heavy atom. The average molecular weight is 242 g/mol. The highest BCUT2D eigenvalue weighted by Crippen LogP contribution is 2.10. The summed E-state index contributed by atoms with van der Waals surface area (Å²) >= 11 is 0. The summed E-state index contributed by atoms with van der Waals surface area (Å²) in [7, 11) is 0. The summed E-state index contributed by atoms with van der Waals surface area (Å²) in [5, 5.41) is 8.78. The van der Waals surface area contributed by atoms with Crippen LogP contribution in [0.15, 0.2) is 54.6 Å². The molecule has 1 N–H and O–H groups in total. The van der Waals surface area contributed by atoms with Gasteiger partial charge in [-0.1, -0.05) is 30.3 Å². The zero-order valence-corrected chi connectivity index (χ0v) is 9.87. The van der Waals surface area contributed by atoms with Crippen LogP contribution in [-0.2, 0) is 6.42 Å². The number of ether oxygens (including phenoxy) is 1. The summed E-state index contributed by atoms with van der Waals surface area (Å²) in [6, 6.07) is 16.5. The maximum Gasteiger partial charge on any atom is 0.335 e. The Balaban J connectivity index is 1.85. The van der Waals surface area contributed by atoms with Gasteiger partial charge in [-0.05, 0) is 29.8 Å². The molecule has 2 rings (SSSR count). The molecule has 0 heterocycles. The summed E-state index contributed by atoms with van der Waals surface area (Å²) in [5.74, 6) is -0.0539. The Morgan fingerprint density at radius 1 is 1.00 bits per heavy atom. The van der Waals surface area contributed by atoms with Crippen LogP contribution in [0.1, 0.15) is 15.9 Å². The number of hydrogen-bond donors (Lipinski definition) is 1. The molecule has 0 atom stereocenters. The summed E-state index contributed by atoms with van der Waals surface area (Å²) in [6.45, 7) is 0.580. The lowest BCUT2D eigenvalue weighted by Crippen LogP contribution is -2.02. The summed E-state index contributed by atoms with van der Waals surface area (Å²) < 4.78 is 5.57. The average Bonchev–Trinajstić information content (AvgIpc) is 2.40. The molecule has 92 valence electrons. The Labute approximate surface area is 106 Å². The Kier molecular flexibility index (Phi) is 3.97. The van der Waals surface area contributed by atoms with Crippen LogP contribution in [0.25, 0.3) is 0 Å². The molecule has 0 bridgehead atoms. The SMILES string of the molecule is O=C(O)c1ccc(CCOc2ccccc2)cc1. The third-order valence-electron chi connectivity index (χ3n) is 2.60. The van der Waals surface area contributed by atoms with Gasteiger partial charge in [-0.3, -0.25) is 0 Å². The van der Waals surface area contributed by atoms with Crippen molar-refractivity contribution >= 4 is 5.97 Å². The van der Waals surface area contributed by atoms with Gasteiger partial charge in [-0.2, -0.15) is 0 Å². The molecule has 0 aromatic heterocycles. The largest absolute Gasteiger partial charge is 0.493 e. The molecule has 0 aliphatic heterocycles. The quantitative estimate of drug-likeness (QED) is 0.876. The molecule has 0 radical (unpaired) electrons. The van der Waals surface area contributed by atoms with E-state index in [0.717, 1.165) is 17.7 Å². The summed E-state index contributed by atoms with van der Waals surface area (Å²) in [4.78, 5) is 10.7. The maximum atomic E-state index is 10.7. The highest BCUT2D eigenvalue weighted by Gasteiger charge is 2.01. The van der Waals surface area contributed by atoms with E-state index in [0.29, 0.717) is 12.2 Å². The van der Waals surface area contributed by atoms with Gasteiger partial charge < -0.3 is 9.84 Å². The van der Waals surface area contributed by atoms with Crippen molar-refractivity contribution < 1.29 is 14.6 Å². The predicted octanol–water partition coefficient (Wildman–Crippen LogP) is 3.01. The molecule has 2 aromatic rings. The van der Waals surface area contributed by atoms with Crippen molar-refractivity contribution in [1.82, 2.24) is 0 Å². The summed E-state index contributed by atoms with van der Waals surface area (Å²) in [5.41, 5.74) is 1.37. The smallest absolute Gasteiger partial charge is 0.335 e. The topological polar surface area (TPSA) is 46.5 Å². The Morgan fingerprint density at radius 3 is 2.28 bits per heavy atom. The molecule has 2 aromatic carbocycles. The van der Waals surface area contributed by atoms with Gasteiger partial charge in [0.2, 0.25) is 0 Å². The number of para-hydroxylation sites is 1. The molecule has 0 saturated carbocycles. The molecule has 0 amide bonds. The van der Waals surface area contributed by atoms with Crippen LogP contribution in [0.4, 0.5) is 0 Å². The first-order valence-electron chi connectivity index (χ1n) is 5.76. The molecule has 0 aliphatic rings. The van der Waals surface area contributed by atoms with Crippen molar-refractivity contribution in [2.45, 2.75) is 6.42 Å². The third kappa shape index (κ3) is 3.35. The van der Waals surface area contributed by atoms with Crippen molar-refractivity contribution in [1.29, 1.82) is 0 Å². The first-order chi connectivity index (χ1) is 8.75. The highest BCUT2D eigenvalue weighted by atomic mass is 16.5. The molecular weight excluding hydrogens is 228 g/mol. The van der Waals surface area contributed by atoms with Gasteiger partial charge in [-0.15, -0.1) is 0 Å². The molecule has 3 heteroatoms. The minimum Gasteiger partial charge on any atom is -0.493 e. The first kappa shape index (κ1) is 12.2. The minimum atomic E-state index is -0.901. The van der Waals surface area contributed by atoms with Crippen LogP contribution in [0.5, 0.6) is 5.75 Å². The predicted molar refractivity (Wildman–Crippen MR) is 69.0 cm³/mol. The fraction of sp³-hybridized carbons (Fsp3) is 0.133. The van der Waals surface area contributed by atoms with E-state index in [9.17, 15) is 4.79 Å². The minimum absolute atomic E-state index is 0.308. The van der Waals surface area contributed by atoms with Crippen molar-refractivity contribution in [2.75, 3.05) is 6.61 Å². The second kappa shape index (κ2) is 5.87. The second-order valence-corrected chi connectivity index (χ2v) is 3.91. The molecule has 0 saturated heterocycles. The van der Waals surface area contributed by atoms with Gasteiger partial charge in [0.1, 0.15) is 5.75 Å². The van der Waals surface area contributed by atoms with E-state index in [2.05, 4.69) is 0 Å². The van der Waals surface area contributed by atoms with Crippen LogP contribution in [0, 0.1) is 0 Å². The highest BCUT2D eigenvalue weighted by molar-refractivity contribution is 5.87. The second-order valence-electron chi connectivity index (χ2n) is 3.91. The summed E-state index contributed by atoms with van der Waals surface area (Å²) in [6.07, 6.45) is 0.759. The van der Waals surface area contributed by atoms with E-state index < -0.39 is 5.97 Å². The fourth-order valence-corrected chi connectivity index (χ4v) is 1.62. The van der Waals surface area contributed by atoms with Crippen LogP contribution < -0.4 is 4.74 Å². The van der Waals surface area contributed by atoms with Crippen molar-refractivity contribution in [3.8, 4) is 5.75 Å². The zero-order valence-electron chi connectivity index (χ0n) is 9.87. The van der Waals surface area contributed by atoms with E-state index in [1.165, 1.54) is 0 Å². The molecule has 0 spiro atoms. The number of aromatic carboxylic acids is 1. The molecule has 18 heavy (non-hydrogen) atoms. The number of carboxylic acids is 1. The van der Waals surface area contributed by atoms with Gasteiger partial charge in [-0.25, -0.2) is 4.79 Å². The molecule has 0 aliphatic carbocycles. The molecular formula is C15H14O3. The maximum absolute atomic E-state index is 10.7. The molecule has 0 fully saturated rings. The fourth-order valence-electron chi connectivity index (χ4n) is 1.62. The standard InChI is InChI=1S/C15H14O3/c16-15(17)13-8-6-12(7-9-13)10-11-18-14-4-2-1-3-5-14/h1-9H,10-11H2,(H,16,17). The van der Waals surface area contributed by atoms with Gasteiger partial charge in [0.15, 0.2) is 0 Å². The van der Waals surface area contributed by atoms with Crippen molar-refractivity contribution in [3.05, 3.63) is 65.7 Å². The van der Waals surface area contributed by atoms with Gasteiger partial charge in [0.25, 0.3) is 0 Å². The van der Waals surface area contributed by atoms with E-state index in [-0.39, 0.29) is 0 Å². The third-order valence-corrected chi connectivity index (χ3v) is 2.60. The van der Waals surface area contributed by atoms with Crippen molar-refractivity contribution in [2.24, 2.45) is 0 Å². The lowest BCUT2D eigenvalue weighted by Gasteiger charge is -2.06. The van der Waals surface area contributed by atoms with Gasteiger partial charge in [0.05, 0.1) is 12.2 Å². The van der Waals surface area contributed by atoms with Crippen LogP contribution in [0.2, 0.25) is 0 Å². The lowest BCUT2D eigenvalue weighted by atomic mass is 10.1. The van der Waals surface area contributed by atoms with Gasteiger partial charge in [0, 0.05) is 6.42 Å². The number of benzene rings is 2. The normalized spacial score (nSPS) is 10.0. The Hall–Kier alpha value is -2.29. The number of carbonyl (C=O) groups is 1. The van der Waals surface area contributed by atoms with E-state index in [1.54, 1.807) is 12.1 Å². The monoisotopic (exact) mass is 242 g/mol. The lowest BCUT2D eigenvalue weighted by molar-refractivity contribution is 0.0697. The number of hydrogen-bond acceptors (Lipinski definition) is 2. The molecule has 3 nitrogen and oxygen atoms in total. The number of carboxylic acid groups (broad SMARTS) is 1. The van der Waals surface area contributed by atoms with E-state index >= 15 is 0 Å². The van der Waals surface area contributed by atoms with Crippen LogP contribution in [-0.4, -0.2) is 17.7 Å². The van der Waals surface area contributed by atoms with Crippen LogP contribution in [0.3, 0.4) is 0 Å². The number of rotatable bonds is 5. The van der Waals surface area contributed by atoms with Gasteiger partial charge >= 0.3 is 5.97 Å². The van der Waals surface area contributed by atoms with Crippen molar-refractivity contribution in [3.63, 3.8) is 0 Å². The Bertz CT molecular complexity index is 503. The van der Waals surface area contributed by atoms with E-state index in [4.69, 9.17) is 9.84 Å². The van der Waals surface area contributed by atoms with Crippen LogP contribution >= 0.6 is 0 Å². The first-order valence-corrected chi connectivity index (χ1v) is 5.76. The van der Waals surface area contributed by atoms with E-state index in [1.807, 2.05) is 42.5 Å².